The highest BCUT2D eigenvalue weighted by Crippen LogP contribution is 2.32. The Bertz CT molecular complexity index is 1170. The van der Waals surface area contributed by atoms with Gasteiger partial charge in [-0.2, -0.15) is 0 Å². The van der Waals surface area contributed by atoms with Crippen LogP contribution in [0.15, 0.2) is 65.1 Å². The maximum atomic E-state index is 6.19. The van der Waals surface area contributed by atoms with Crippen molar-refractivity contribution < 1.29 is 9.32 Å². The van der Waals surface area contributed by atoms with Crippen molar-refractivity contribution in [2.75, 3.05) is 37.6 Å². The average Bonchev–Trinajstić information content (AvgIpc) is 3.18. The summed E-state index contributed by atoms with van der Waals surface area (Å²) in [4.78, 5) is 13.6. The molecule has 0 saturated carbocycles. The standard InChI is InChI=1S/C25H26N4O/c1-2-22-26-23-20-12-6-7-13-21(20)30-24(23)25(27-22)29-17-15-28(16-18-29)14-8-11-19-9-4-3-5-10-19/h3-13H,2,14-18H2,1H3/p+1/b11-8+. The number of para-hydroxylation sites is 1. The molecule has 30 heavy (non-hydrogen) atoms. The lowest BCUT2D eigenvalue weighted by Gasteiger charge is -2.32. The van der Waals surface area contributed by atoms with Gasteiger partial charge in [-0.1, -0.05) is 55.5 Å². The van der Waals surface area contributed by atoms with Gasteiger partial charge >= 0.3 is 0 Å². The van der Waals surface area contributed by atoms with Gasteiger partial charge in [0.15, 0.2) is 11.4 Å². The molecule has 2 aromatic carbocycles. The molecule has 1 fully saturated rings. The van der Waals surface area contributed by atoms with E-state index in [4.69, 9.17) is 14.4 Å². The maximum absolute atomic E-state index is 6.19. The van der Waals surface area contributed by atoms with Gasteiger partial charge in [-0.25, -0.2) is 9.97 Å². The highest BCUT2D eigenvalue weighted by atomic mass is 16.3. The average molecular weight is 400 g/mol. The molecule has 152 valence electrons. The minimum atomic E-state index is 0.817. The van der Waals surface area contributed by atoms with Gasteiger partial charge in [0, 0.05) is 11.8 Å². The number of fused-ring (bicyclic) bond motifs is 3. The Morgan fingerprint density at radius 2 is 1.77 bits per heavy atom. The summed E-state index contributed by atoms with van der Waals surface area (Å²) in [5.41, 5.74) is 3.90. The van der Waals surface area contributed by atoms with Crippen LogP contribution < -0.4 is 9.80 Å². The van der Waals surface area contributed by atoms with E-state index in [1.807, 2.05) is 18.2 Å². The first-order valence-electron chi connectivity index (χ1n) is 10.8. The second-order valence-electron chi connectivity index (χ2n) is 7.85. The monoisotopic (exact) mass is 399 g/mol. The number of nitrogens with zero attached hydrogens (tertiary/aromatic N) is 3. The second-order valence-corrected chi connectivity index (χ2v) is 7.85. The summed E-state index contributed by atoms with van der Waals surface area (Å²) in [6, 6.07) is 18.6. The van der Waals surface area contributed by atoms with Crippen molar-refractivity contribution in [1.29, 1.82) is 0 Å². The molecule has 2 aromatic heterocycles. The van der Waals surface area contributed by atoms with Gasteiger partial charge in [-0.15, -0.1) is 0 Å². The van der Waals surface area contributed by atoms with Crippen molar-refractivity contribution in [1.82, 2.24) is 9.97 Å². The fraction of sp³-hybridized carbons (Fsp3) is 0.280. The van der Waals surface area contributed by atoms with Crippen molar-refractivity contribution in [2.24, 2.45) is 0 Å². The Hall–Kier alpha value is -3.18. The number of piperazine rings is 1. The van der Waals surface area contributed by atoms with Crippen LogP contribution in [0.5, 0.6) is 0 Å². The van der Waals surface area contributed by atoms with Crippen LogP contribution in [-0.2, 0) is 6.42 Å². The zero-order chi connectivity index (χ0) is 20.3. The van der Waals surface area contributed by atoms with Gasteiger partial charge in [0.25, 0.3) is 0 Å². The lowest BCUT2D eigenvalue weighted by molar-refractivity contribution is -0.894. The quantitative estimate of drug-likeness (QED) is 0.559. The van der Waals surface area contributed by atoms with E-state index in [9.17, 15) is 0 Å². The number of aryl methyl sites for hydroxylation is 1. The van der Waals surface area contributed by atoms with Gasteiger partial charge in [0.1, 0.15) is 16.9 Å². The predicted octanol–water partition coefficient (Wildman–Crippen LogP) is 3.36. The summed E-state index contributed by atoms with van der Waals surface area (Å²) in [5.74, 6) is 1.83. The largest absolute Gasteiger partial charge is 0.450 e. The molecule has 0 bridgehead atoms. The topological polar surface area (TPSA) is 46.6 Å². The first-order valence-corrected chi connectivity index (χ1v) is 10.8. The van der Waals surface area contributed by atoms with Crippen molar-refractivity contribution in [3.05, 3.63) is 72.1 Å². The van der Waals surface area contributed by atoms with E-state index in [0.29, 0.717) is 0 Å². The van der Waals surface area contributed by atoms with Crippen molar-refractivity contribution in [3.8, 4) is 0 Å². The lowest BCUT2D eigenvalue weighted by atomic mass is 10.2. The number of rotatable bonds is 5. The van der Waals surface area contributed by atoms with Crippen LogP contribution in [0, 0.1) is 0 Å². The van der Waals surface area contributed by atoms with Crippen LogP contribution in [0.2, 0.25) is 0 Å². The third-order valence-corrected chi connectivity index (χ3v) is 5.85. The number of quaternary nitrogens is 1. The highest BCUT2D eigenvalue weighted by molar-refractivity contribution is 6.05. The van der Waals surface area contributed by atoms with E-state index < -0.39 is 0 Å². The molecular formula is C25H27N4O+. The van der Waals surface area contributed by atoms with Crippen LogP contribution >= 0.6 is 0 Å². The van der Waals surface area contributed by atoms with Crippen molar-refractivity contribution in [2.45, 2.75) is 13.3 Å². The zero-order valence-corrected chi connectivity index (χ0v) is 17.3. The molecule has 1 aliphatic heterocycles. The van der Waals surface area contributed by atoms with Gasteiger partial charge < -0.3 is 14.2 Å². The SMILES string of the molecule is CCc1nc(N2CC[NH+](C/C=C/c3ccccc3)CC2)c2oc3ccccc3c2n1. The Morgan fingerprint density at radius 3 is 2.57 bits per heavy atom. The first-order chi connectivity index (χ1) is 14.8. The van der Waals surface area contributed by atoms with E-state index in [2.05, 4.69) is 60.4 Å². The summed E-state index contributed by atoms with van der Waals surface area (Å²) in [6.45, 7) is 7.28. The van der Waals surface area contributed by atoms with E-state index in [0.717, 1.165) is 72.9 Å². The number of hydrogen-bond donors (Lipinski definition) is 1. The smallest absolute Gasteiger partial charge is 0.196 e. The fourth-order valence-corrected chi connectivity index (χ4v) is 4.16. The Kier molecular flexibility index (Phi) is 5.20. The summed E-state index contributed by atoms with van der Waals surface area (Å²) in [5, 5.41) is 1.07. The molecule has 5 heteroatoms. The molecule has 5 rings (SSSR count). The molecule has 1 aliphatic rings. The lowest BCUT2D eigenvalue weighted by Crippen LogP contribution is -3.14. The Morgan fingerprint density at radius 1 is 1.00 bits per heavy atom. The molecule has 3 heterocycles. The minimum Gasteiger partial charge on any atom is -0.450 e. The summed E-state index contributed by atoms with van der Waals surface area (Å²) >= 11 is 0. The van der Waals surface area contributed by atoms with Crippen molar-refractivity contribution >= 4 is 34.0 Å². The molecule has 1 saturated heterocycles. The van der Waals surface area contributed by atoms with E-state index in [1.54, 1.807) is 4.90 Å². The highest BCUT2D eigenvalue weighted by Gasteiger charge is 2.25. The molecule has 0 radical (unpaired) electrons. The third-order valence-electron chi connectivity index (χ3n) is 5.85. The molecule has 0 amide bonds. The van der Waals surface area contributed by atoms with E-state index in [-0.39, 0.29) is 0 Å². The molecule has 4 aromatic rings. The van der Waals surface area contributed by atoms with Gasteiger partial charge in [0.2, 0.25) is 0 Å². The summed E-state index contributed by atoms with van der Waals surface area (Å²) in [6.07, 6.45) is 5.32. The maximum Gasteiger partial charge on any atom is 0.196 e. The molecular weight excluding hydrogens is 372 g/mol. The van der Waals surface area contributed by atoms with Crippen LogP contribution in [0.3, 0.4) is 0 Å². The fourth-order valence-electron chi connectivity index (χ4n) is 4.16. The van der Waals surface area contributed by atoms with Crippen LogP contribution in [0.25, 0.3) is 28.1 Å². The minimum absolute atomic E-state index is 0.817. The number of anilines is 1. The second kappa shape index (κ2) is 8.28. The number of benzene rings is 2. The third kappa shape index (κ3) is 3.68. The van der Waals surface area contributed by atoms with Gasteiger partial charge in [0.05, 0.1) is 32.7 Å². The molecule has 0 spiro atoms. The molecule has 0 unspecified atom stereocenters. The molecule has 0 aliphatic carbocycles. The molecule has 0 atom stereocenters. The molecule has 1 N–H and O–H groups in total. The number of furan rings is 1. The van der Waals surface area contributed by atoms with E-state index in [1.165, 1.54) is 5.56 Å². The van der Waals surface area contributed by atoms with Crippen LogP contribution in [-0.4, -0.2) is 42.7 Å². The van der Waals surface area contributed by atoms with Crippen LogP contribution in [0.4, 0.5) is 5.82 Å². The number of nitrogens with one attached hydrogen (secondary N) is 1. The predicted molar refractivity (Wildman–Crippen MR) is 122 cm³/mol. The number of aromatic nitrogens is 2. The summed E-state index contributed by atoms with van der Waals surface area (Å²) < 4.78 is 6.19. The van der Waals surface area contributed by atoms with Crippen LogP contribution in [0.1, 0.15) is 18.3 Å². The zero-order valence-electron chi connectivity index (χ0n) is 17.3. The normalized spacial score (nSPS) is 15.6. The molecule has 5 nitrogen and oxygen atoms in total. The van der Waals surface area contributed by atoms with Gasteiger partial charge in [-0.05, 0) is 23.8 Å². The van der Waals surface area contributed by atoms with E-state index >= 15 is 0 Å². The first kappa shape index (κ1) is 18.8. The van der Waals surface area contributed by atoms with Crippen molar-refractivity contribution in [3.63, 3.8) is 0 Å². The Labute approximate surface area is 176 Å². The van der Waals surface area contributed by atoms with Gasteiger partial charge in [-0.3, -0.25) is 0 Å². The Balaban J connectivity index is 1.34. The number of hydrogen-bond acceptors (Lipinski definition) is 4. The summed E-state index contributed by atoms with van der Waals surface area (Å²) in [7, 11) is 0.